The Morgan fingerprint density at radius 3 is 2.07 bits per heavy atom. The average molecular weight is 574 g/mol. The number of carbonyl (C=O) groups is 3. The number of nitrogens with zero attached hydrogens (tertiary/aromatic N) is 3. The molecular weight excluding hydrogens is 546 g/mol. The van der Waals surface area contributed by atoms with Crippen molar-refractivity contribution in [2.24, 2.45) is 4.99 Å². The van der Waals surface area contributed by atoms with E-state index in [0.717, 1.165) is 11.1 Å². The van der Waals surface area contributed by atoms with Crippen molar-refractivity contribution < 1.29 is 28.8 Å². The Labute approximate surface area is 240 Å². The normalized spacial score (nSPS) is 22.6. The van der Waals surface area contributed by atoms with Gasteiger partial charge in [0.25, 0.3) is 17.1 Å². The van der Waals surface area contributed by atoms with Gasteiger partial charge >= 0.3 is 11.9 Å². The van der Waals surface area contributed by atoms with E-state index in [1.54, 1.807) is 12.1 Å². The SMILES string of the molecule is CC1(C)S[C@H]2N(C(=O)C2(N=Cc2ccc([N+](=O)[O-])cc2)C(=O)OCc2ccccc2)[C@H]1C(=O)OCc1ccccc1. The number of rotatable bonds is 9. The zero-order valence-electron chi connectivity index (χ0n) is 22.3. The van der Waals surface area contributed by atoms with Crippen LogP contribution in [0.4, 0.5) is 5.69 Å². The topological polar surface area (TPSA) is 128 Å². The molecule has 5 rings (SSSR count). The Morgan fingerprint density at radius 2 is 1.51 bits per heavy atom. The summed E-state index contributed by atoms with van der Waals surface area (Å²) in [5.41, 5.74) is -0.0383. The molecule has 210 valence electrons. The van der Waals surface area contributed by atoms with Gasteiger partial charge in [0.1, 0.15) is 24.6 Å². The number of hydrogen-bond acceptors (Lipinski definition) is 9. The number of esters is 2. The number of β-lactam (4-membered cyclic amide) rings is 1. The lowest BCUT2D eigenvalue weighted by Crippen LogP contribution is -2.76. The Hall–Kier alpha value is -4.51. The van der Waals surface area contributed by atoms with E-state index in [1.807, 2.05) is 62.4 Å². The van der Waals surface area contributed by atoms with Gasteiger partial charge in [0.05, 0.1) is 4.92 Å². The summed E-state index contributed by atoms with van der Waals surface area (Å²) in [4.78, 5) is 57.1. The lowest BCUT2D eigenvalue weighted by molar-refractivity contribution is -0.384. The largest absolute Gasteiger partial charge is 0.459 e. The summed E-state index contributed by atoms with van der Waals surface area (Å²) in [6.07, 6.45) is 1.33. The molecule has 1 amide bonds. The fourth-order valence-corrected chi connectivity index (χ4v) is 6.56. The standard InChI is InChI=1S/C30H27N3O7S/c1-29(2)24(25(34)39-18-21-9-5-3-6-10-21)32-26(35)30(27(32)41-29,28(36)40-19-22-11-7-4-8-12-22)31-17-20-13-15-23(16-14-20)33(37)38/h3-17,24,27H,18-19H2,1-2H3/t24-,27+,30?/m0/s1. The number of non-ortho nitro benzene ring substituents is 1. The Balaban J connectivity index is 1.42. The Bertz CT molecular complexity index is 1500. The maximum atomic E-state index is 13.9. The van der Waals surface area contributed by atoms with Crippen LogP contribution in [0.25, 0.3) is 0 Å². The second-order valence-corrected chi connectivity index (χ2v) is 12.0. The zero-order valence-corrected chi connectivity index (χ0v) is 23.2. The number of thioether (sulfide) groups is 1. The summed E-state index contributed by atoms with van der Waals surface area (Å²) in [5.74, 6) is -2.08. The first-order chi connectivity index (χ1) is 19.6. The molecule has 0 saturated carbocycles. The van der Waals surface area contributed by atoms with E-state index in [0.29, 0.717) is 5.56 Å². The van der Waals surface area contributed by atoms with Gasteiger partial charge in [-0.15, -0.1) is 11.8 Å². The maximum absolute atomic E-state index is 13.9. The highest BCUT2D eigenvalue weighted by atomic mass is 32.2. The van der Waals surface area contributed by atoms with Crippen molar-refractivity contribution in [1.29, 1.82) is 0 Å². The summed E-state index contributed by atoms with van der Waals surface area (Å²) < 4.78 is 10.4. The van der Waals surface area contributed by atoms with Crippen LogP contribution in [0, 0.1) is 10.1 Å². The van der Waals surface area contributed by atoms with Crippen LogP contribution in [0.5, 0.6) is 0 Å². The minimum atomic E-state index is -1.94. The van der Waals surface area contributed by atoms with Crippen molar-refractivity contribution in [2.75, 3.05) is 0 Å². The second-order valence-electron chi connectivity index (χ2n) is 10.2. The molecule has 3 atom stereocenters. The van der Waals surface area contributed by atoms with Crippen molar-refractivity contribution in [3.8, 4) is 0 Å². The first-order valence-corrected chi connectivity index (χ1v) is 13.7. The lowest BCUT2D eigenvalue weighted by atomic mass is 9.85. The van der Waals surface area contributed by atoms with Gasteiger partial charge in [-0.25, -0.2) is 9.59 Å². The van der Waals surface area contributed by atoms with Gasteiger partial charge < -0.3 is 14.4 Å². The molecule has 2 aliphatic rings. The number of ether oxygens (including phenoxy) is 2. The molecule has 1 unspecified atom stereocenters. The minimum Gasteiger partial charge on any atom is -0.459 e. The van der Waals surface area contributed by atoms with Gasteiger partial charge in [-0.2, -0.15) is 0 Å². The van der Waals surface area contributed by atoms with Gasteiger partial charge in [-0.3, -0.25) is 19.9 Å². The molecule has 3 aromatic rings. The Morgan fingerprint density at radius 1 is 0.951 bits per heavy atom. The van der Waals surface area contributed by atoms with Crippen LogP contribution >= 0.6 is 11.8 Å². The highest BCUT2D eigenvalue weighted by molar-refractivity contribution is 8.01. The number of hydrogen-bond donors (Lipinski definition) is 0. The Kier molecular flexibility index (Phi) is 7.63. The van der Waals surface area contributed by atoms with E-state index >= 15 is 0 Å². The molecule has 0 spiro atoms. The number of carbonyl (C=O) groups excluding carboxylic acids is 3. The van der Waals surface area contributed by atoms with Crippen molar-refractivity contribution in [1.82, 2.24) is 4.90 Å². The number of amides is 1. The number of nitro benzene ring substituents is 1. The molecular formula is C30H27N3O7S. The molecule has 0 N–H and O–H groups in total. The van der Waals surface area contributed by atoms with Crippen LogP contribution in [0.1, 0.15) is 30.5 Å². The molecule has 0 radical (unpaired) electrons. The first kappa shape index (κ1) is 28.0. The van der Waals surface area contributed by atoms with Crippen LogP contribution < -0.4 is 0 Å². The summed E-state index contributed by atoms with van der Waals surface area (Å²) in [7, 11) is 0. The molecule has 2 aliphatic heterocycles. The predicted octanol–water partition coefficient (Wildman–Crippen LogP) is 4.30. The van der Waals surface area contributed by atoms with Crippen LogP contribution in [0.2, 0.25) is 0 Å². The summed E-state index contributed by atoms with van der Waals surface area (Å²) in [6, 6.07) is 22.9. The van der Waals surface area contributed by atoms with Crippen LogP contribution in [-0.4, -0.2) is 55.6 Å². The summed E-state index contributed by atoms with van der Waals surface area (Å²) in [6.45, 7) is 3.62. The summed E-state index contributed by atoms with van der Waals surface area (Å²) >= 11 is 1.28. The smallest absolute Gasteiger partial charge is 0.347 e. The molecule has 0 aromatic heterocycles. The molecule has 2 saturated heterocycles. The van der Waals surface area contributed by atoms with Gasteiger partial charge in [-0.05, 0) is 42.7 Å². The fourth-order valence-electron chi connectivity index (χ4n) is 4.88. The van der Waals surface area contributed by atoms with E-state index in [4.69, 9.17) is 9.47 Å². The van der Waals surface area contributed by atoms with E-state index in [-0.39, 0.29) is 18.9 Å². The molecule has 0 bridgehead atoms. The zero-order chi connectivity index (χ0) is 29.2. The van der Waals surface area contributed by atoms with E-state index in [2.05, 4.69) is 4.99 Å². The van der Waals surface area contributed by atoms with E-state index < -0.39 is 44.5 Å². The van der Waals surface area contributed by atoms with E-state index in [9.17, 15) is 24.5 Å². The van der Waals surface area contributed by atoms with Crippen LogP contribution in [-0.2, 0) is 37.1 Å². The number of benzene rings is 3. The minimum absolute atomic E-state index is 0.0478. The summed E-state index contributed by atoms with van der Waals surface area (Å²) in [5, 5.41) is 10.2. The van der Waals surface area contributed by atoms with Crippen molar-refractivity contribution in [3.63, 3.8) is 0 Å². The quantitative estimate of drug-likeness (QED) is 0.0926. The first-order valence-electron chi connectivity index (χ1n) is 12.9. The van der Waals surface area contributed by atoms with Gasteiger partial charge in [0.2, 0.25) is 0 Å². The highest BCUT2D eigenvalue weighted by Crippen LogP contribution is 2.57. The lowest BCUT2D eigenvalue weighted by Gasteiger charge is -2.48. The van der Waals surface area contributed by atoms with Crippen LogP contribution in [0.3, 0.4) is 0 Å². The van der Waals surface area contributed by atoms with Crippen LogP contribution in [0.15, 0.2) is 89.9 Å². The molecule has 2 heterocycles. The molecule has 3 aromatic carbocycles. The monoisotopic (exact) mass is 573 g/mol. The van der Waals surface area contributed by atoms with Gasteiger partial charge in [0.15, 0.2) is 0 Å². The van der Waals surface area contributed by atoms with Crippen molar-refractivity contribution in [2.45, 2.75) is 48.8 Å². The number of aliphatic imine (C=N–C) groups is 1. The van der Waals surface area contributed by atoms with Crippen molar-refractivity contribution in [3.05, 3.63) is 112 Å². The van der Waals surface area contributed by atoms with Gasteiger partial charge in [-0.1, -0.05) is 60.7 Å². The molecule has 10 nitrogen and oxygen atoms in total. The third-order valence-electron chi connectivity index (χ3n) is 7.01. The number of fused-ring (bicyclic) bond motifs is 1. The molecule has 11 heteroatoms. The third kappa shape index (κ3) is 5.32. The average Bonchev–Trinajstić information content (AvgIpc) is 3.24. The van der Waals surface area contributed by atoms with Crippen molar-refractivity contribution >= 4 is 41.5 Å². The fraction of sp³-hybridized carbons (Fsp3) is 0.267. The highest BCUT2D eigenvalue weighted by Gasteiger charge is 2.76. The third-order valence-corrected chi connectivity index (χ3v) is 8.64. The molecule has 0 aliphatic carbocycles. The number of nitro groups is 1. The van der Waals surface area contributed by atoms with E-state index in [1.165, 1.54) is 47.1 Å². The van der Waals surface area contributed by atoms with Gasteiger partial charge in [0, 0.05) is 23.1 Å². The maximum Gasteiger partial charge on any atom is 0.347 e. The predicted molar refractivity (Wildman–Crippen MR) is 152 cm³/mol. The molecule has 41 heavy (non-hydrogen) atoms. The molecule has 2 fully saturated rings. The second kappa shape index (κ2) is 11.2.